The third-order valence-corrected chi connectivity index (χ3v) is 3.51. The van der Waals surface area contributed by atoms with E-state index in [1.807, 2.05) is 0 Å². The van der Waals surface area contributed by atoms with Crippen molar-refractivity contribution in [3.63, 3.8) is 0 Å². The first-order chi connectivity index (χ1) is 8.08. The van der Waals surface area contributed by atoms with Gasteiger partial charge in [-0.1, -0.05) is 6.42 Å². The van der Waals surface area contributed by atoms with Crippen LogP contribution in [0, 0.1) is 10.1 Å². The van der Waals surface area contributed by atoms with Crippen molar-refractivity contribution < 1.29 is 4.92 Å². The molecule has 1 aromatic heterocycles. The average Bonchev–Trinajstić information content (AvgIpc) is 2.72. The van der Waals surface area contributed by atoms with Gasteiger partial charge in [0.15, 0.2) is 0 Å². The highest BCUT2D eigenvalue weighted by Gasteiger charge is 2.25. The summed E-state index contributed by atoms with van der Waals surface area (Å²) in [5.41, 5.74) is 0.0577. The van der Waals surface area contributed by atoms with Crippen LogP contribution in [0.15, 0.2) is 12.4 Å². The van der Waals surface area contributed by atoms with Gasteiger partial charge in [0.05, 0.1) is 11.6 Å². The van der Waals surface area contributed by atoms with Crippen molar-refractivity contribution in [2.75, 3.05) is 0 Å². The molecule has 1 aromatic rings. The molecule has 94 valence electrons. The van der Waals surface area contributed by atoms with E-state index in [1.54, 1.807) is 4.68 Å². The van der Waals surface area contributed by atoms with E-state index in [0.717, 1.165) is 0 Å². The Morgan fingerprint density at radius 1 is 1.47 bits per heavy atom. The smallest absolute Gasteiger partial charge is 0.279 e. The summed E-state index contributed by atoms with van der Waals surface area (Å²) in [4.78, 5) is 12.5. The molecule has 6 nitrogen and oxygen atoms in total. The van der Waals surface area contributed by atoms with Crippen LogP contribution in [-0.4, -0.2) is 31.7 Å². The Morgan fingerprint density at radius 2 is 2.12 bits per heavy atom. The van der Waals surface area contributed by atoms with Gasteiger partial charge in [0.1, 0.15) is 12.4 Å². The van der Waals surface area contributed by atoms with Gasteiger partial charge in [-0.3, -0.25) is 19.7 Å². The summed E-state index contributed by atoms with van der Waals surface area (Å²) in [6.45, 7) is 5.04. The number of nitro groups is 1. The van der Waals surface area contributed by atoms with E-state index >= 15 is 0 Å². The van der Waals surface area contributed by atoms with Crippen LogP contribution in [0.4, 0.5) is 5.69 Å². The molecule has 1 saturated heterocycles. The maximum absolute atomic E-state index is 10.6. The Hall–Kier alpha value is -1.43. The van der Waals surface area contributed by atoms with Gasteiger partial charge in [-0.15, -0.1) is 0 Å². The van der Waals surface area contributed by atoms with Gasteiger partial charge in [0, 0.05) is 12.1 Å². The van der Waals surface area contributed by atoms with Crippen molar-refractivity contribution in [3.05, 3.63) is 22.5 Å². The molecule has 2 unspecified atom stereocenters. The molecule has 2 heterocycles. The minimum Gasteiger partial charge on any atom is -0.279 e. The highest BCUT2D eigenvalue weighted by molar-refractivity contribution is 5.20. The normalized spacial score (nSPS) is 26.0. The lowest BCUT2D eigenvalue weighted by molar-refractivity contribution is -0.385. The standard InChI is InChI=1S/C11H18N4O2/c1-9-4-3-5-10(2)14(9)8-13-7-11(6-12-13)15(16)17/h6-7,9-10H,3-5,8H2,1-2H3. The molecule has 0 N–H and O–H groups in total. The molecule has 0 bridgehead atoms. The van der Waals surface area contributed by atoms with Crippen molar-refractivity contribution in [1.82, 2.24) is 14.7 Å². The van der Waals surface area contributed by atoms with Crippen molar-refractivity contribution in [3.8, 4) is 0 Å². The van der Waals surface area contributed by atoms with Crippen LogP contribution in [0.25, 0.3) is 0 Å². The lowest BCUT2D eigenvalue weighted by Gasteiger charge is -2.38. The molecule has 0 aliphatic carbocycles. The number of nitrogens with zero attached hydrogens (tertiary/aromatic N) is 4. The molecule has 6 heteroatoms. The van der Waals surface area contributed by atoms with Gasteiger partial charge < -0.3 is 0 Å². The van der Waals surface area contributed by atoms with E-state index < -0.39 is 4.92 Å². The van der Waals surface area contributed by atoms with Crippen LogP contribution in [0.3, 0.4) is 0 Å². The number of aromatic nitrogens is 2. The quantitative estimate of drug-likeness (QED) is 0.597. The van der Waals surface area contributed by atoms with E-state index in [9.17, 15) is 10.1 Å². The van der Waals surface area contributed by atoms with Gasteiger partial charge in [0.25, 0.3) is 0 Å². The molecule has 17 heavy (non-hydrogen) atoms. The summed E-state index contributed by atoms with van der Waals surface area (Å²) in [6.07, 6.45) is 6.44. The van der Waals surface area contributed by atoms with Crippen molar-refractivity contribution in [2.45, 2.75) is 51.9 Å². The highest BCUT2D eigenvalue weighted by atomic mass is 16.6. The lowest BCUT2D eigenvalue weighted by Crippen LogP contribution is -2.44. The number of rotatable bonds is 3. The van der Waals surface area contributed by atoms with Crippen LogP contribution in [0.5, 0.6) is 0 Å². The van der Waals surface area contributed by atoms with E-state index in [4.69, 9.17) is 0 Å². The lowest BCUT2D eigenvalue weighted by atomic mass is 9.98. The number of likely N-dealkylation sites (tertiary alicyclic amines) is 1. The Labute approximate surface area is 100 Å². The largest absolute Gasteiger partial charge is 0.307 e. The maximum Gasteiger partial charge on any atom is 0.307 e. The molecular formula is C11H18N4O2. The Kier molecular flexibility index (Phi) is 3.42. The number of hydrogen-bond donors (Lipinski definition) is 0. The average molecular weight is 238 g/mol. The second-order valence-corrected chi connectivity index (χ2v) is 4.78. The van der Waals surface area contributed by atoms with E-state index in [1.165, 1.54) is 31.7 Å². The van der Waals surface area contributed by atoms with E-state index in [-0.39, 0.29) is 5.69 Å². The molecular weight excluding hydrogens is 220 g/mol. The molecule has 1 aliphatic heterocycles. The zero-order valence-electron chi connectivity index (χ0n) is 10.2. The van der Waals surface area contributed by atoms with Gasteiger partial charge in [0.2, 0.25) is 0 Å². The van der Waals surface area contributed by atoms with Crippen molar-refractivity contribution in [2.24, 2.45) is 0 Å². The fourth-order valence-electron chi connectivity index (χ4n) is 2.45. The molecule has 0 radical (unpaired) electrons. The van der Waals surface area contributed by atoms with Crippen molar-refractivity contribution >= 4 is 5.69 Å². The number of piperidine rings is 1. The van der Waals surface area contributed by atoms with E-state index in [0.29, 0.717) is 18.8 Å². The summed E-state index contributed by atoms with van der Waals surface area (Å²) in [5.74, 6) is 0. The first-order valence-electron chi connectivity index (χ1n) is 6.00. The minimum atomic E-state index is -0.410. The fraction of sp³-hybridized carbons (Fsp3) is 0.727. The maximum atomic E-state index is 10.6. The van der Waals surface area contributed by atoms with Crippen molar-refractivity contribution in [1.29, 1.82) is 0 Å². The molecule has 0 saturated carbocycles. The van der Waals surface area contributed by atoms with Crippen LogP contribution in [0.1, 0.15) is 33.1 Å². The summed E-state index contributed by atoms with van der Waals surface area (Å²) in [6, 6.07) is 1.03. The Balaban J connectivity index is 2.05. The van der Waals surface area contributed by atoms with Gasteiger partial charge in [-0.25, -0.2) is 0 Å². The third-order valence-electron chi connectivity index (χ3n) is 3.51. The molecule has 0 spiro atoms. The monoisotopic (exact) mass is 238 g/mol. The first-order valence-corrected chi connectivity index (χ1v) is 6.00. The highest BCUT2D eigenvalue weighted by Crippen LogP contribution is 2.23. The Bertz CT molecular complexity index is 394. The van der Waals surface area contributed by atoms with Gasteiger partial charge in [-0.05, 0) is 26.7 Å². The third kappa shape index (κ3) is 2.63. The zero-order chi connectivity index (χ0) is 12.4. The molecule has 1 aliphatic rings. The molecule has 0 aromatic carbocycles. The molecule has 2 rings (SSSR count). The molecule has 2 atom stereocenters. The fourth-order valence-corrected chi connectivity index (χ4v) is 2.45. The first kappa shape index (κ1) is 12.0. The van der Waals surface area contributed by atoms with Crippen LogP contribution in [-0.2, 0) is 6.67 Å². The zero-order valence-corrected chi connectivity index (χ0v) is 10.2. The summed E-state index contributed by atoms with van der Waals surface area (Å²) >= 11 is 0. The SMILES string of the molecule is CC1CCCC(C)N1Cn1cc([N+](=O)[O-])cn1. The van der Waals surface area contributed by atoms with E-state index in [2.05, 4.69) is 23.8 Å². The second-order valence-electron chi connectivity index (χ2n) is 4.78. The molecule has 0 amide bonds. The minimum absolute atomic E-state index is 0.0577. The predicted octanol–water partition coefficient (Wildman–Crippen LogP) is 2.01. The summed E-state index contributed by atoms with van der Waals surface area (Å²) in [5, 5.41) is 14.6. The summed E-state index contributed by atoms with van der Waals surface area (Å²) < 4.78 is 1.65. The van der Waals surface area contributed by atoms with Crippen LogP contribution >= 0.6 is 0 Å². The van der Waals surface area contributed by atoms with Gasteiger partial charge >= 0.3 is 5.69 Å². The topological polar surface area (TPSA) is 64.2 Å². The van der Waals surface area contributed by atoms with Crippen LogP contribution in [0.2, 0.25) is 0 Å². The van der Waals surface area contributed by atoms with Gasteiger partial charge in [-0.2, -0.15) is 5.10 Å². The Morgan fingerprint density at radius 3 is 2.65 bits per heavy atom. The van der Waals surface area contributed by atoms with Crippen LogP contribution < -0.4 is 0 Å². The number of hydrogen-bond acceptors (Lipinski definition) is 4. The molecule has 1 fully saturated rings. The summed E-state index contributed by atoms with van der Waals surface area (Å²) in [7, 11) is 0. The predicted molar refractivity (Wildman–Crippen MR) is 63.5 cm³/mol. The second kappa shape index (κ2) is 4.83.